The van der Waals surface area contributed by atoms with Gasteiger partial charge in [0.15, 0.2) is 11.6 Å². The number of hydrogen-bond acceptors (Lipinski definition) is 13. The molecule has 3 amide bonds. The van der Waals surface area contributed by atoms with Gasteiger partial charge in [0.2, 0.25) is 23.6 Å². The van der Waals surface area contributed by atoms with E-state index < -0.39 is 17.4 Å². The molecule has 2 aliphatic heterocycles. The van der Waals surface area contributed by atoms with Crippen molar-refractivity contribution in [2.24, 2.45) is 11.8 Å². The van der Waals surface area contributed by atoms with Crippen LogP contribution in [0, 0.1) is 11.8 Å². The van der Waals surface area contributed by atoms with E-state index in [1.165, 1.54) is 70.6 Å². The smallest absolute Gasteiger partial charge is 0.410 e. The zero-order chi connectivity index (χ0) is 40.6. The summed E-state index contributed by atoms with van der Waals surface area (Å²) in [5.74, 6) is 2.38. The quantitative estimate of drug-likeness (QED) is 0.0802. The van der Waals surface area contributed by atoms with Gasteiger partial charge in [0.1, 0.15) is 5.60 Å². The molecule has 2 saturated carbocycles. The number of rotatable bonds is 16. The van der Waals surface area contributed by atoms with Gasteiger partial charge in [-0.15, -0.1) is 0 Å². The van der Waals surface area contributed by atoms with E-state index in [-0.39, 0.29) is 42.9 Å². The first-order valence-corrected chi connectivity index (χ1v) is 21.8. The van der Waals surface area contributed by atoms with Gasteiger partial charge in [-0.25, -0.2) is 15.8 Å². The topological polar surface area (TPSA) is 218 Å². The van der Waals surface area contributed by atoms with Crippen LogP contribution in [-0.4, -0.2) is 72.2 Å². The maximum atomic E-state index is 12.6. The number of ether oxygens (including phenoxy) is 1. The van der Waals surface area contributed by atoms with Crippen molar-refractivity contribution in [2.75, 3.05) is 13.1 Å². The van der Waals surface area contributed by atoms with Gasteiger partial charge in [-0.1, -0.05) is 100 Å². The molecule has 0 spiro atoms. The first-order valence-electron chi connectivity index (χ1n) is 21.8. The standard InChI is InChI=1S/C23H38N4O5.C18H30N4O3/c1-23(2,3)31-22(29)27-14-8-13-18(27)20-24-21(32-26-20)17(15-19(28)25-30)12-7-11-16-9-5-4-6-10-16;23-16(21-24)12-14(9-4-8-13-6-2-1-3-7-13)18-20-17(22-25-18)15-10-5-11-19-15/h16-18,30H,4-15H2,1-3H3,(H,25,28);13-15,19,24H,1-12H2,(H,21,23)/t17-,18?;14-,15?/m11/s1. The highest BCUT2D eigenvalue weighted by molar-refractivity contribution is 5.75. The van der Waals surface area contributed by atoms with Gasteiger partial charge in [0, 0.05) is 31.2 Å². The third-order valence-electron chi connectivity index (χ3n) is 12.1. The van der Waals surface area contributed by atoms with E-state index in [9.17, 15) is 14.4 Å². The maximum absolute atomic E-state index is 12.6. The summed E-state index contributed by atoms with van der Waals surface area (Å²) in [7, 11) is 0. The molecule has 2 unspecified atom stereocenters. The van der Waals surface area contributed by atoms with Crippen LogP contribution >= 0.6 is 0 Å². The number of nitrogens with zero attached hydrogens (tertiary/aromatic N) is 5. The van der Waals surface area contributed by atoms with Gasteiger partial charge < -0.3 is 19.1 Å². The van der Waals surface area contributed by atoms with Crippen molar-refractivity contribution in [2.45, 2.75) is 192 Å². The Morgan fingerprint density at radius 3 is 1.77 bits per heavy atom. The fraction of sp³-hybridized carbons (Fsp3) is 0.829. The zero-order valence-corrected chi connectivity index (χ0v) is 34.5. The second-order valence-corrected chi connectivity index (χ2v) is 17.7. The van der Waals surface area contributed by atoms with Crippen LogP contribution in [0.15, 0.2) is 9.05 Å². The fourth-order valence-corrected chi connectivity index (χ4v) is 9.00. The van der Waals surface area contributed by atoms with E-state index in [1.807, 2.05) is 20.8 Å². The summed E-state index contributed by atoms with van der Waals surface area (Å²) in [6.07, 6.45) is 22.8. The van der Waals surface area contributed by atoms with Crippen molar-refractivity contribution in [1.29, 1.82) is 0 Å². The Hall–Kier alpha value is -3.63. The minimum atomic E-state index is -0.576. The molecule has 4 heterocycles. The second kappa shape index (κ2) is 22.5. The van der Waals surface area contributed by atoms with Crippen LogP contribution in [0.25, 0.3) is 0 Å². The number of hydroxylamine groups is 2. The van der Waals surface area contributed by atoms with Gasteiger partial charge in [0.05, 0.1) is 12.1 Å². The molecule has 2 aromatic heterocycles. The van der Waals surface area contributed by atoms with Crippen LogP contribution in [-0.2, 0) is 14.3 Å². The van der Waals surface area contributed by atoms with E-state index in [2.05, 4.69) is 25.6 Å². The Kier molecular flexibility index (Phi) is 17.6. The van der Waals surface area contributed by atoms with Gasteiger partial charge in [-0.2, -0.15) is 9.97 Å². The normalized spacial score (nSPS) is 21.7. The summed E-state index contributed by atoms with van der Waals surface area (Å²) in [6, 6.07) is -0.135. The Balaban J connectivity index is 0.000000224. The molecule has 16 heteroatoms. The Bertz CT molecular complexity index is 1510. The van der Waals surface area contributed by atoms with Gasteiger partial charge in [-0.05, 0) is 77.7 Å². The summed E-state index contributed by atoms with van der Waals surface area (Å²) < 4.78 is 16.5. The van der Waals surface area contributed by atoms with E-state index in [4.69, 9.17) is 24.2 Å². The number of carbonyl (C=O) groups excluding carboxylic acids is 3. The van der Waals surface area contributed by atoms with Crippen molar-refractivity contribution >= 4 is 17.9 Å². The molecule has 4 aliphatic rings. The Labute approximate surface area is 337 Å². The van der Waals surface area contributed by atoms with Crippen LogP contribution in [0.3, 0.4) is 0 Å². The van der Waals surface area contributed by atoms with E-state index in [0.29, 0.717) is 30.0 Å². The second-order valence-electron chi connectivity index (χ2n) is 17.7. The Morgan fingerprint density at radius 1 is 0.754 bits per heavy atom. The predicted octanol–water partition coefficient (Wildman–Crippen LogP) is 8.10. The lowest BCUT2D eigenvalue weighted by molar-refractivity contribution is -0.130. The first kappa shape index (κ1) is 44.5. The predicted molar refractivity (Wildman–Crippen MR) is 209 cm³/mol. The van der Waals surface area contributed by atoms with Crippen molar-refractivity contribution < 1.29 is 38.6 Å². The van der Waals surface area contributed by atoms with Crippen molar-refractivity contribution in [3.63, 3.8) is 0 Å². The average molecular weight is 801 g/mol. The third kappa shape index (κ3) is 14.3. The summed E-state index contributed by atoms with van der Waals surface area (Å²) in [5.41, 5.74) is 2.86. The lowest BCUT2D eigenvalue weighted by Gasteiger charge is -2.27. The lowest BCUT2D eigenvalue weighted by atomic mass is 9.84. The van der Waals surface area contributed by atoms with E-state index in [1.54, 1.807) is 15.9 Å². The monoisotopic (exact) mass is 801 g/mol. The molecule has 320 valence electrons. The molecule has 4 atom stereocenters. The molecule has 2 saturated heterocycles. The van der Waals surface area contributed by atoms with Crippen LogP contribution in [0.1, 0.15) is 209 Å². The number of amides is 3. The molecule has 0 aromatic carbocycles. The highest BCUT2D eigenvalue weighted by atomic mass is 16.6. The van der Waals surface area contributed by atoms with Crippen LogP contribution < -0.4 is 16.3 Å². The zero-order valence-electron chi connectivity index (χ0n) is 34.5. The van der Waals surface area contributed by atoms with Crippen molar-refractivity contribution in [3.05, 3.63) is 23.4 Å². The number of aromatic nitrogens is 4. The minimum Gasteiger partial charge on any atom is -0.444 e. The Morgan fingerprint density at radius 2 is 1.28 bits per heavy atom. The molecule has 57 heavy (non-hydrogen) atoms. The van der Waals surface area contributed by atoms with Crippen molar-refractivity contribution in [3.8, 4) is 0 Å². The van der Waals surface area contributed by atoms with Gasteiger partial charge in [-0.3, -0.25) is 24.9 Å². The molecule has 4 fully saturated rings. The average Bonchev–Trinajstić information content (AvgIpc) is 4.05. The molecule has 2 aliphatic carbocycles. The summed E-state index contributed by atoms with van der Waals surface area (Å²) in [5, 5.41) is 29.5. The maximum Gasteiger partial charge on any atom is 0.410 e. The number of likely N-dealkylation sites (tertiary alicyclic amines) is 1. The fourth-order valence-electron chi connectivity index (χ4n) is 9.00. The minimum absolute atomic E-state index is 0.0866. The highest BCUT2D eigenvalue weighted by Crippen LogP contribution is 2.36. The highest BCUT2D eigenvalue weighted by Gasteiger charge is 2.37. The number of nitrogens with one attached hydrogen (secondary N) is 3. The molecule has 16 nitrogen and oxygen atoms in total. The molecular formula is C41H68N8O8. The van der Waals surface area contributed by atoms with Crippen LogP contribution in [0.4, 0.5) is 4.79 Å². The molecular weight excluding hydrogens is 732 g/mol. The summed E-state index contributed by atoms with van der Waals surface area (Å²) in [4.78, 5) is 46.9. The molecule has 0 radical (unpaired) electrons. The molecule has 5 N–H and O–H groups in total. The number of hydrogen-bond donors (Lipinski definition) is 5. The summed E-state index contributed by atoms with van der Waals surface area (Å²) in [6.45, 7) is 7.08. The number of carbonyl (C=O) groups is 3. The van der Waals surface area contributed by atoms with Crippen LogP contribution in [0.5, 0.6) is 0 Å². The third-order valence-corrected chi connectivity index (χ3v) is 12.1. The van der Waals surface area contributed by atoms with Gasteiger partial charge in [0.25, 0.3) is 0 Å². The molecule has 6 rings (SSSR count). The summed E-state index contributed by atoms with van der Waals surface area (Å²) >= 11 is 0. The largest absolute Gasteiger partial charge is 0.444 e. The molecule has 0 bridgehead atoms. The van der Waals surface area contributed by atoms with E-state index >= 15 is 0 Å². The lowest BCUT2D eigenvalue weighted by Crippen LogP contribution is -2.36. The van der Waals surface area contributed by atoms with Crippen molar-refractivity contribution in [1.82, 2.24) is 41.5 Å². The SMILES string of the molecule is CC(C)(C)OC(=O)N1CCCC1c1noc([C@H](CCCC2CCCCC2)CC(=O)NO)n1.O=C(C[C@@H](CCCC1CCCCC1)c1nc(C2CCCN2)no1)NO. The first-order chi connectivity index (χ1) is 27.5. The van der Waals surface area contributed by atoms with E-state index in [0.717, 1.165) is 76.2 Å². The molecule has 2 aromatic rings. The van der Waals surface area contributed by atoms with Crippen LogP contribution in [0.2, 0.25) is 0 Å². The van der Waals surface area contributed by atoms with Gasteiger partial charge >= 0.3 is 6.09 Å².